The molecule has 1 heterocycles. The van der Waals surface area contributed by atoms with Gasteiger partial charge in [0.25, 0.3) is 5.56 Å². The third-order valence-corrected chi connectivity index (χ3v) is 4.77. The third-order valence-electron chi connectivity index (χ3n) is 4.51. The van der Waals surface area contributed by atoms with Gasteiger partial charge in [-0.1, -0.05) is 54.1 Å². The maximum Gasteiger partial charge on any atom is 0.307 e. The van der Waals surface area contributed by atoms with E-state index in [1.807, 2.05) is 30.3 Å². The molecule has 0 saturated carbocycles. The Morgan fingerprint density at radius 3 is 2.38 bits per heavy atom. The van der Waals surface area contributed by atoms with Gasteiger partial charge in [-0.2, -0.15) is 0 Å². The molecule has 1 unspecified atom stereocenters. The lowest BCUT2D eigenvalue weighted by Crippen LogP contribution is -2.27. The van der Waals surface area contributed by atoms with Crippen LogP contribution in [0, 0.1) is 5.92 Å². The molecule has 3 rings (SSSR count). The monoisotopic (exact) mass is 410 g/mol. The van der Waals surface area contributed by atoms with Gasteiger partial charge in [-0.3, -0.25) is 19.0 Å². The molecule has 6 nitrogen and oxygen atoms in total. The fraction of sp³-hybridized carbons (Fsp3) is 0.182. The van der Waals surface area contributed by atoms with Crippen LogP contribution in [0.4, 0.5) is 0 Å². The van der Waals surface area contributed by atoms with Crippen LogP contribution in [0.1, 0.15) is 12.0 Å². The van der Waals surface area contributed by atoms with Crippen LogP contribution >= 0.6 is 11.6 Å². The highest BCUT2D eigenvalue weighted by Crippen LogP contribution is 2.18. The molecule has 29 heavy (non-hydrogen) atoms. The van der Waals surface area contributed by atoms with Crippen LogP contribution in [-0.4, -0.2) is 26.4 Å². The van der Waals surface area contributed by atoms with Crippen molar-refractivity contribution in [2.24, 2.45) is 5.92 Å². The van der Waals surface area contributed by atoms with Crippen molar-refractivity contribution in [2.75, 3.05) is 0 Å². The first-order valence-electron chi connectivity index (χ1n) is 9.03. The quantitative estimate of drug-likeness (QED) is 0.614. The van der Waals surface area contributed by atoms with Gasteiger partial charge in [-0.15, -0.1) is 0 Å². The van der Waals surface area contributed by atoms with E-state index >= 15 is 0 Å². The highest BCUT2D eigenvalue weighted by Gasteiger charge is 2.22. The number of rotatable bonds is 8. The van der Waals surface area contributed by atoms with Crippen molar-refractivity contribution in [2.45, 2.75) is 19.4 Å². The average molecular weight is 411 g/mol. The van der Waals surface area contributed by atoms with E-state index in [0.29, 0.717) is 10.7 Å². The maximum absolute atomic E-state index is 12.4. The predicted octanol–water partition coefficient (Wildman–Crippen LogP) is 3.47. The van der Waals surface area contributed by atoms with Crippen LogP contribution in [0.5, 0.6) is 0 Å². The van der Waals surface area contributed by atoms with Gasteiger partial charge >= 0.3 is 5.97 Å². The zero-order valence-electron chi connectivity index (χ0n) is 15.5. The zero-order chi connectivity index (χ0) is 20.8. The van der Waals surface area contributed by atoms with Crippen LogP contribution in [0.25, 0.3) is 11.3 Å². The summed E-state index contributed by atoms with van der Waals surface area (Å²) < 4.78 is 1.18. The molecule has 3 aromatic rings. The number of carbonyl (C=O) groups is 2. The molecule has 0 spiro atoms. The molecule has 1 N–H and O–H groups in total. The molecule has 0 aliphatic heterocycles. The summed E-state index contributed by atoms with van der Waals surface area (Å²) in [5.74, 6) is -2.22. The normalized spacial score (nSPS) is 11.8. The van der Waals surface area contributed by atoms with Gasteiger partial charge in [0, 0.05) is 23.1 Å². The molecule has 148 valence electrons. The molecule has 0 bridgehead atoms. The second kappa shape index (κ2) is 9.30. The van der Waals surface area contributed by atoms with E-state index in [2.05, 4.69) is 4.98 Å². The van der Waals surface area contributed by atoms with Gasteiger partial charge in [-0.05, 0) is 24.1 Å². The third kappa shape index (κ3) is 5.62. The molecule has 0 fully saturated rings. The largest absolute Gasteiger partial charge is 0.481 e. The Bertz CT molecular complexity index is 1060. The van der Waals surface area contributed by atoms with E-state index in [-0.39, 0.29) is 30.7 Å². The summed E-state index contributed by atoms with van der Waals surface area (Å²) >= 11 is 5.86. The number of halogens is 1. The number of nitrogens with zero attached hydrogens (tertiary/aromatic N) is 2. The number of hydrogen-bond donors (Lipinski definition) is 1. The topological polar surface area (TPSA) is 89.3 Å². The number of carboxylic acids is 1. The predicted molar refractivity (Wildman–Crippen MR) is 110 cm³/mol. The van der Waals surface area contributed by atoms with Crippen LogP contribution in [0.2, 0.25) is 5.02 Å². The van der Waals surface area contributed by atoms with E-state index < -0.39 is 11.9 Å². The second-order valence-corrected chi connectivity index (χ2v) is 7.15. The maximum atomic E-state index is 12.4. The Balaban J connectivity index is 1.68. The van der Waals surface area contributed by atoms with Crippen LogP contribution < -0.4 is 5.56 Å². The summed E-state index contributed by atoms with van der Waals surface area (Å²) in [6, 6.07) is 17.4. The number of carbonyl (C=O) groups excluding carboxylic acids is 1. The zero-order valence-corrected chi connectivity index (χ0v) is 16.2. The molecule has 0 amide bonds. The lowest BCUT2D eigenvalue weighted by atomic mass is 9.94. The summed E-state index contributed by atoms with van der Waals surface area (Å²) in [7, 11) is 0. The number of Topliss-reactive ketones (excluding diaryl/α,β-unsaturated/α-hetero) is 1. The summed E-state index contributed by atoms with van der Waals surface area (Å²) in [6.07, 6.45) is 1.40. The van der Waals surface area contributed by atoms with E-state index in [4.69, 9.17) is 11.6 Å². The first-order valence-corrected chi connectivity index (χ1v) is 9.41. The number of ketones is 1. The molecule has 0 aliphatic carbocycles. The van der Waals surface area contributed by atoms with Crippen LogP contribution in [0.3, 0.4) is 0 Å². The standard InChI is InChI=1S/C22H19ClN2O4/c23-18-8-6-16(7-9-18)20-12-21(27)25(14-24-20)13-19(26)11-17(22(28)29)10-15-4-2-1-3-5-15/h1-9,12,14,17H,10-11,13H2,(H,28,29). The SMILES string of the molecule is O=C(CC(Cc1ccccc1)C(=O)O)Cn1cnc(-c2ccc(Cl)cc2)cc1=O. The van der Waals surface area contributed by atoms with Crippen LogP contribution in [0.15, 0.2) is 71.8 Å². The summed E-state index contributed by atoms with van der Waals surface area (Å²) in [4.78, 5) is 40.5. The smallest absolute Gasteiger partial charge is 0.307 e. The van der Waals surface area contributed by atoms with Gasteiger partial charge in [0.15, 0.2) is 5.78 Å². The number of benzene rings is 2. The lowest BCUT2D eigenvalue weighted by molar-refractivity contribution is -0.143. The molecule has 2 aromatic carbocycles. The minimum atomic E-state index is -1.04. The second-order valence-electron chi connectivity index (χ2n) is 6.71. The molecule has 0 radical (unpaired) electrons. The minimum Gasteiger partial charge on any atom is -0.481 e. The average Bonchev–Trinajstić information content (AvgIpc) is 2.70. The molecule has 1 atom stereocenters. The van der Waals surface area contributed by atoms with E-state index in [1.54, 1.807) is 24.3 Å². The van der Waals surface area contributed by atoms with Crippen molar-refractivity contribution in [3.8, 4) is 11.3 Å². The summed E-state index contributed by atoms with van der Waals surface area (Å²) in [5.41, 5.74) is 1.67. The van der Waals surface area contributed by atoms with Crippen molar-refractivity contribution in [1.29, 1.82) is 0 Å². The van der Waals surface area contributed by atoms with E-state index in [1.165, 1.54) is 17.0 Å². The number of aliphatic carboxylic acids is 1. The molecular weight excluding hydrogens is 392 g/mol. The Hall–Kier alpha value is -3.25. The van der Waals surface area contributed by atoms with Gasteiger partial charge in [0.1, 0.15) is 0 Å². The number of hydrogen-bond acceptors (Lipinski definition) is 4. The van der Waals surface area contributed by atoms with Gasteiger partial charge < -0.3 is 5.11 Å². The summed E-state index contributed by atoms with van der Waals surface area (Å²) in [5, 5.41) is 10.0. The fourth-order valence-electron chi connectivity index (χ4n) is 3.00. The summed E-state index contributed by atoms with van der Waals surface area (Å²) in [6.45, 7) is -0.217. The molecule has 0 aliphatic rings. The first kappa shape index (κ1) is 20.5. The lowest BCUT2D eigenvalue weighted by Gasteiger charge is -2.12. The van der Waals surface area contributed by atoms with Gasteiger partial charge in [0.2, 0.25) is 0 Å². The molecule has 7 heteroatoms. The van der Waals surface area contributed by atoms with E-state index in [0.717, 1.165) is 11.1 Å². The molecule has 0 saturated heterocycles. The van der Waals surface area contributed by atoms with Crippen LogP contribution in [-0.2, 0) is 22.6 Å². The van der Waals surface area contributed by atoms with Crippen molar-refractivity contribution in [3.05, 3.63) is 87.9 Å². The highest BCUT2D eigenvalue weighted by molar-refractivity contribution is 6.30. The van der Waals surface area contributed by atoms with Crippen molar-refractivity contribution in [3.63, 3.8) is 0 Å². The highest BCUT2D eigenvalue weighted by atomic mass is 35.5. The Kier molecular flexibility index (Phi) is 6.57. The van der Waals surface area contributed by atoms with Crippen molar-refractivity contribution < 1.29 is 14.7 Å². The Morgan fingerprint density at radius 1 is 1.07 bits per heavy atom. The number of aromatic nitrogens is 2. The van der Waals surface area contributed by atoms with Gasteiger partial charge in [-0.25, -0.2) is 4.98 Å². The van der Waals surface area contributed by atoms with Gasteiger partial charge in [0.05, 0.1) is 24.5 Å². The number of carboxylic acid groups (broad SMARTS) is 1. The Labute approximate surface area is 172 Å². The van der Waals surface area contributed by atoms with E-state index in [9.17, 15) is 19.5 Å². The van der Waals surface area contributed by atoms with Crippen molar-refractivity contribution >= 4 is 23.4 Å². The Morgan fingerprint density at radius 2 is 1.76 bits per heavy atom. The fourth-order valence-corrected chi connectivity index (χ4v) is 3.12. The molecular formula is C22H19ClN2O4. The molecule has 1 aromatic heterocycles. The van der Waals surface area contributed by atoms with Crippen molar-refractivity contribution in [1.82, 2.24) is 9.55 Å². The first-order chi connectivity index (χ1) is 13.9. The minimum absolute atomic E-state index is 0.157.